The second kappa shape index (κ2) is 7.02. The molecule has 8 nitrogen and oxygen atoms in total. The summed E-state index contributed by atoms with van der Waals surface area (Å²) in [6.45, 7) is 2.08. The Bertz CT molecular complexity index is 629. The summed E-state index contributed by atoms with van der Waals surface area (Å²) >= 11 is 0. The molecule has 0 aromatic heterocycles. The Morgan fingerprint density at radius 3 is 2.83 bits per heavy atom. The molecule has 1 aromatic carbocycles. The zero-order chi connectivity index (χ0) is 17.1. The lowest BCUT2D eigenvalue weighted by Crippen LogP contribution is -2.30. The van der Waals surface area contributed by atoms with E-state index in [2.05, 4.69) is 0 Å². The molecule has 0 spiro atoms. The monoisotopic (exact) mass is 338 g/mol. The number of amides is 2. The van der Waals surface area contributed by atoms with Gasteiger partial charge in [0.15, 0.2) is 0 Å². The number of carbonyl (C=O) groups is 2. The van der Waals surface area contributed by atoms with Crippen LogP contribution in [0.25, 0.3) is 0 Å². The Labute approximate surface area is 138 Å². The molecule has 2 heterocycles. The number of anilines is 2. The van der Waals surface area contributed by atoms with E-state index in [1.54, 1.807) is 17.0 Å². The van der Waals surface area contributed by atoms with E-state index in [1.165, 1.54) is 16.0 Å². The van der Waals surface area contributed by atoms with E-state index < -0.39 is 11.9 Å². The van der Waals surface area contributed by atoms with Gasteiger partial charge in [0, 0.05) is 19.6 Å². The number of carbonyl (C=O) groups excluding carboxylic acids is 2. The second-order valence-electron chi connectivity index (χ2n) is 5.55. The zero-order valence-corrected chi connectivity index (χ0v) is 13.1. The van der Waals surface area contributed by atoms with Crippen molar-refractivity contribution < 1.29 is 23.6 Å². The molecule has 1 atom stereocenters. The highest BCUT2D eigenvalue weighted by Gasteiger charge is 2.32. The van der Waals surface area contributed by atoms with Gasteiger partial charge in [-0.15, -0.1) is 0 Å². The predicted octanol–water partition coefficient (Wildman–Crippen LogP) is 0.320. The van der Waals surface area contributed by atoms with Crippen LogP contribution in [-0.2, 0) is 14.4 Å². The Hall–Kier alpha value is -2.39. The van der Waals surface area contributed by atoms with Gasteiger partial charge in [0.25, 0.3) is 0 Å². The number of nitrogens with two attached hydrogens (primary N) is 1. The minimum atomic E-state index is -0.526. The Balaban J connectivity index is 1.75. The standard InChI is InChI=1S/C15H19FN4O4/c16-13-7-11(20-9-12(8-17)24-15(20)22)1-2-14(13)18-3-4-19(10-21)23-6-5-18/h1-2,7,10,12H,3-6,8-9,17H2/t12-/m0/s1. The van der Waals surface area contributed by atoms with Gasteiger partial charge < -0.3 is 15.4 Å². The average Bonchev–Trinajstić information content (AvgIpc) is 2.81. The quantitative estimate of drug-likeness (QED) is 0.796. The number of hydrogen-bond acceptors (Lipinski definition) is 6. The van der Waals surface area contributed by atoms with Gasteiger partial charge >= 0.3 is 6.09 Å². The Morgan fingerprint density at radius 2 is 2.17 bits per heavy atom. The first-order valence-corrected chi connectivity index (χ1v) is 7.70. The summed E-state index contributed by atoms with van der Waals surface area (Å²) in [4.78, 5) is 30.9. The van der Waals surface area contributed by atoms with E-state index in [0.29, 0.717) is 44.0 Å². The number of nitrogens with zero attached hydrogens (tertiary/aromatic N) is 3. The van der Waals surface area contributed by atoms with Crippen molar-refractivity contribution in [2.45, 2.75) is 6.10 Å². The minimum absolute atomic E-state index is 0.226. The maximum Gasteiger partial charge on any atom is 0.414 e. The van der Waals surface area contributed by atoms with Gasteiger partial charge in [-0.2, -0.15) is 0 Å². The van der Waals surface area contributed by atoms with Crippen molar-refractivity contribution in [3.63, 3.8) is 0 Å². The topological polar surface area (TPSA) is 88.3 Å². The Morgan fingerprint density at radius 1 is 1.33 bits per heavy atom. The van der Waals surface area contributed by atoms with Crippen LogP contribution in [0.2, 0.25) is 0 Å². The summed E-state index contributed by atoms with van der Waals surface area (Å²) in [5.74, 6) is -0.448. The van der Waals surface area contributed by atoms with E-state index >= 15 is 0 Å². The van der Waals surface area contributed by atoms with Crippen LogP contribution in [0, 0.1) is 5.82 Å². The molecule has 2 aliphatic rings. The van der Waals surface area contributed by atoms with Gasteiger partial charge in [-0.1, -0.05) is 0 Å². The molecule has 130 valence electrons. The minimum Gasteiger partial charge on any atom is -0.443 e. The summed E-state index contributed by atoms with van der Waals surface area (Å²) in [7, 11) is 0. The summed E-state index contributed by atoms with van der Waals surface area (Å²) in [5, 5.41) is 1.19. The predicted molar refractivity (Wildman–Crippen MR) is 84.0 cm³/mol. The van der Waals surface area contributed by atoms with Crippen LogP contribution in [-0.4, -0.2) is 63.0 Å². The lowest BCUT2D eigenvalue weighted by atomic mass is 10.2. The molecule has 24 heavy (non-hydrogen) atoms. The molecule has 2 amide bonds. The van der Waals surface area contributed by atoms with E-state index in [9.17, 15) is 14.0 Å². The van der Waals surface area contributed by atoms with E-state index in [-0.39, 0.29) is 19.3 Å². The number of halogens is 1. The first kappa shape index (κ1) is 16.5. The van der Waals surface area contributed by atoms with Crippen molar-refractivity contribution in [2.24, 2.45) is 5.73 Å². The number of benzene rings is 1. The van der Waals surface area contributed by atoms with Crippen molar-refractivity contribution in [3.05, 3.63) is 24.0 Å². The second-order valence-corrected chi connectivity index (χ2v) is 5.55. The summed E-state index contributed by atoms with van der Waals surface area (Å²) in [6, 6.07) is 4.59. The maximum absolute atomic E-state index is 14.5. The van der Waals surface area contributed by atoms with Gasteiger partial charge in [0.1, 0.15) is 11.9 Å². The molecule has 0 bridgehead atoms. The number of hydroxylamine groups is 2. The first-order chi connectivity index (χ1) is 11.6. The van der Waals surface area contributed by atoms with Crippen molar-refractivity contribution in [2.75, 3.05) is 49.1 Å². The largest absolute Gasteiger partial charge is 0.443 e. The molecule has 0 radical (unpaired) electrons. The van der Waals surface area contributed by atoms with E-state index in [1.807, 2.05) is 0 Å². The molecular weight excluding hydrogens is 319 g/mol. The number of ether oxygens (including phenoxy) is 1. The van der Waals surface area contributed by atoms with Crippen molar-refractivity contribution in [1.29, 1.82) is 0 Å². The fourth-order valence-corrected chi connectivity index (χ4v) is 2.76. The molecule has 2 saturated heterocycles. The highest BCUT2D eigenvalue weighted by atomic mass is 19.1. The van der Waals surface area contributed by atoms with Crippen LogP contribution in [0.15, 0.2) is 18.2 Å². The molecule has 2 aliphatic heterocycles. The normalized spacial score (nSPS) is 21.7. The SMILES string of the molecule is NC[C@H]1CN(c2ccc(N3CCON(C=O)CC3)c(F)c2)C(=O)O1. The molecule has 2 N–H and O–H groups in total. The third-order valence-electron chi connectivity index (χ3n) is 4.05. The van der Waals surface area contributed by atoms with E-state index in [0.717, 1.165) is 0 Å². The number of cyclic esters (lactones) is 1. The van der Waals surface area contributed by atoms with E-state index in [4.69, 9.17) is 15.3 Å². The fourth-order valence-electron chi connectivity index (χ4n) is 2.76. The van der Waals surface area contributed by atoms with Gasteiger partial charge in [-0.05, 0) is 18.2 Å². The van der Waals surface area contributed by atoms with Crippen molar-refractivity contribution >= 4 is 23.9 Å². The Kier molecular flexibility index (Phi) is 4.81. The lowest BCUT2D eigenvalue weighted by Gasteiger charge is -2.23. The van der Waals surface area contributed by atoms with Crippen molar-refractivity contribution in [3.8, 4) is 0 Å². The highest BCUT2D eigenvalue weighted by molar-refractivity contribution is 5.90. The third kappa shape index (κ3) is 3.26. The van der Waals surface area contributed by atoms with Gasteiger partial charge in [0.05, 0.1) is 31.1 Å². The van der Waals surface area contributed by atoms with Crippen LogP contribution in [0.4, 0.5) is 20.6 Å². The van der Waals surface area contributed by atoms with Crippen LogP contribution in [0.5, 0.6) is 0 Å². The number of rotatable bonds is 4. The van der Waals surface area contributed by atoms with Crippen LogP contribution in [0.1, 0.15) is 0 Å². The summed E-state index contributed by atoms with van der Waals surface area (Å²) in [6.07, 6.45) is -0.296. The maximum atomic E-state index is 14.5. The molecule has 0 unspecified atom stereocenters. The molecule has 2 fully saturated rings. The molecular formula is C15H19FN4O4. The van der Waals surface area contributed by atoms with Crippen LogP contribution in [0.3, 0.4) is 0 Å². The average molecular weight is 338 g/mol. The van der Waals surface area contributed by atoms with Gasteiger partial charge in [-0.25, -0.2) is 14.2 Å². The molecule has 3 rings (SSSR count). The molecule has 1 aromatic rings. The van der Waals surface area contributed by atoms with Crippen molar-refractivity contribution in [1.82, 2.24) is 5.06 Å². The van der Waals surface area contributed by atoms with Gasteiger partial charge in [0.2, 0.25) is 6.41 Å². The molecule has 0 saturated carbocycles. The van der Waals surface area contributed by atoms with Crippen LogP contribution < -0.4 is 15.5 Å². The molecule has 9 heteroatoms. The summed E-state index contributed by atoms with van der Waals surface area (Å²) in [5.41, 5.74) is 6.33. The zero-order valence-electron chi connectivity index (χ0n) is 13.1. The third-order valence-corrected chi connectivity index (χ3v) is 4.05. The van der Waals surface area contributed by atoms with Gasteiger partial charge in [-0.3, -0.25) is 14.5 Å². The first-order valence-electron chi connectivity index (χ1n) is 7.70. The smallest absolute Gasteiger partial charge is 0.414 e. The fraction of sp³-hybridized carbons (Fsp3) is 0.467. The summed E-state index contributed by atoms with van der Waals surface area (Å²) < 4.78 is 19.6. The molecule has 0 aliphatic carbocycles. The highest BCUT2D eigenvalue weighted by Crippen LogP contribution is 2.28. The number of hydrogen-bond donors (Lipinski definition) is 1. The van der Waals surface area contributed by atoms with Crippen LogP contribution >= 0.6 is 0 Å². The lowest BCUT2D eigenvalue weighted by molar-refractivity contribution is -0.166.